The van der Waals surface area contributed by atoms with Crippen molar-refractivity contribution in [2.24, 2.45) is 0 Å². The third kappa shape index (κ3) is 6.06. The van der Waals surface area contributed by atoms with E-state index < -0.39 is 13.7 Å². The van der Waals surface area contributed by atoms with Crippen molar-refractivity contribution in [3.8, 4) is 5.75 Å². The Bertz CT molecular complexity index is 560. The molecule has 0 saturated heterocycles. The predicted octanol–water partition coefficient (Wildman–Crippen LogP) is 5.07. The van der Waals surface area contributed by atoms with Gasteiger partial charge in [-0.25, -0.2) is 0 Å². The van der Waals surface area contributed by atoms with Gasteiger partial charge in [0.05, 0.1) is 20.3 Å². The first kappa shape index (κ1) is 20.9. The van der Waals surface area contributed by atoms with E-state index in [1.807, 2.05) is 12.1 Å². The second kappa shape index (κ2) is 10.7. The molecule has 0 aliphatic heterocycles. The zero-order chi connectivity index (χ0) is 18.0. The quantitative estimate of drug-likeness (QED) is 0.561. The summed E-state index contributed by atoms with van der Waals surface area (Å²) in [5.74, 6) is 2.07. The molecule has 0 heterocycles. The minimum atomic E-state index is -3.38. The van der Waals surface area contributed by atoms with Gasteiger partial charge in [0.2, 0.25) is 0 Å². The van der Waals surface area contributed by atoms with E-state index in [-0.39, 0.29) is 13.2 Å². The number of unbranched alkanes of at least 4 members (excludes halogenated alkanes) is 1. The molecule has 1 rings (SSSR count). The molecule has 0 fully saturated rings. The van der Waals surface area contributed by atoms with Crippen LogP contribution in [0.15, 0.2) is 35.7 Å². The maximum Gasteiger partial charge on any atom is 0.354 e. The fourth-order valence-electron chi connectivity index (χ4n) is 2.42. The Morgan fingerprint density at radius 1 is 1.21 bits per heavy atom. The number of benzene rings is 1. The van der Waals surface area contributed by atoms with E-state index in [9.17, 15) is 9.67 Å². The molecule has 1 aromatic carbocycles. The molecule has 0 amide bonds. The first-order valence-electron chi connectivity index (χ1n) is 8.42. The largest absolute Gasteiger partial charge is 0.496 e. The topological polar surface area (TPSA) is 65.0 Å². The predicted molar refractivity (Wildman–Crippen MR) is 96.4 cm³/mol. The minimum Gasteiger partial charge on any atom is -0.496 e. The number of ether oxygens (including phenoxy) is 1. The molecule has 0 radical (unpaired) electrons. The fourth-order valence-corrected chi connectivity index (χ4v) is 4.04. The highest BCUT2D eigenvalue weighted by Crippen LogP contribution is 2.52. The molecule has 6 heteroatoms. The molecule has 5 nitrogen and oxygen atoms in total. The lowest BCUT2D eigenvalue weighted by atomic mass is 9.98. The molecule has 0 aliphatic carbocycles. The van der Waals surface area contributed by atoms with Crippen LogP contribution < -0.4 is 4.74 Å². The van der Waals surface area contributed by atoms with Crippen molar-refractivity contribution in [2.75, 3.05) is 20.3 Å². The minimum absolute atomic E-state index is 0.277. The molecule has 0 saturated carbocycles. The highest BCUT2D eigenvalue weighted by molar-refractivity contribution is 7.57. The molecule has 0 aromatic heterocycles. The van der Waals surface area contributed by atoms with Crippen LogP contribution in [-0.2, 0) is 13.6 Å². The van der Waals surface area contributed by atoms with Gasteiger partial charge in [-0.05, 0) is 38.3 Å². The first-order chi connectivity index (χ1) is 11.5. The summed E-state index contributed by atoms with van der Waals surface area (Å²) in [7, 11) is -1.81. The Morgan fingerprint density at radius 3 is 2.38 bits per heavy atom. The number of hydrogen-bond acceptors (Lipinski definition) is 5. The van der Waals surface area contributed by atoms with Crippen LogP contribution in [-0.4, -0.2) is 25.4 Å². The highest BCUT2D eigenvalue weighted by atomic mass is 31.2. The molecule has 0 aliphatic rings. The van der Waals surface area contributed by atoms with E-state index in [0.717, 1.165) is 12.8 Å². The lowest BCUT2D eigenvalue weighted by Gasteiger charge is -2.21. The average Bonchev–Trinajstić information content (AvgIpc) is 2.58. The van der Waals surface area contributed by atoms with Crippen LogP contribution in [0.25, 0.3) is 0 Å². The molecular weight excluding hydrogens is 327 g/mol. The summed E-state index contributed by atoms with van der Waals surface area (Å²) in [6, 6.07) is 7.27. The molecule has 0 spiro atoms. The lowest BCUT2D eigenvalue weighted by molar-refractivity contribution is 0.202. The van der Waals surface area contributed by atoms with Crippen LogP contribution >= 0.6 is 7.60 Å². The van der Waals surface area contributed by atoms with Crippen LogP contribution in [0.3, 0.4) is 0 Å². The Kier molecular flexibility index (Phi) is 9.30. The number of para-hydroxylation sites is 1. The lowest BCUT2D eigenvalue weighted by Crippen LogP contribution is -2.05. The summed E-state index contributed by atoms with van der Waals surface area (Å²) >= 11 is 0. The molecule has 0 bridgehead atoms. The van der Waals surface area contributed by atoms with E-state index >= 15 is 0 Å². The Morgan fingerprint density at radius 2 is 1.83 bits per heavy atom. The van der Waals surface area contributed by atoms with Crippen molar-refractivity contribution in [2.45, 2.75) is 46.1 Å². The molecule has 1 atom stereocenters. The average molecular weight is 356 g/mol. The maximum absolute atomic E-state index is 12.8. The zero-order valence-electron chi connectivity index (χ0n) is 15.0. The number of aliphatic hydroxyl groups is 1. The van der Waals surface area contributed by atoms with Crippen molar-refractivity contribution in [1.29, 1.82) is 0 Å². The standard InChI is InChI=1S/C18H29O5P/c1-5-8-11-15(14-24(20,22-6-2)23-7-3)18(19)16-12-9-10-13-17(16)21-4/h9-10,12-14,18-19H,5-8,11H2,1-4H3/b15-14-. The van der Waals surface area contributed by atoms with E-state index in [1.54, 1.807) is 33.1 Å². The van der Waals surface area contributed by atoms with Crippen molar-refractivity contribution < 1.29 is 23.5 Å². The summed E-state index contributed by atoms with van der Waals surface area (Å²) in [5.41, 5.74) is 1.27. The number of aliphatic hydroxyl groups excluding tert-OH is 1. The van der Waals surface area contributed by atoms with Gasteiger partial charge in [-0.15, -0.1) is 0 Å². The highest BCUT2D eigenvalue weighted by Gasteiger charge is 2.25. The SMILES string of the molecule is CCCC/C(=C/P(=O)(OCC)OCC)C(O)c1ccccc1OC. The van der Waals surface area contributed by atoms with Gasteiger partial charge in [0.15, 0.2) is 0 Å². The summed E-state index contributed by atoms with van der Waals surface area (Å²) in [6.07, 6.45) is 1.53. The zero-order valence-corrected chi connectivity index (χ0v) is 15.9. The van der Waals surface area contributed by atoms with Crippen LogP contribution in [0.4, 0.5) is 0 Å². The van der Waals surface area contributed by atoms with E-state index in [2.05, 4.69) is 6.92 Å². The van der Waals surface area contributed by atoms with Gasteiger partial charge < -0.3 is 18.9 Å². The Balaban J connectivity index is 3.23. The van der Waals surface area contributed by atoms with Gasteiger partial charge in [0.1, 0.15) is 11.9 Å². The van der Waals surface area contributed by atoms with Gasteiger partial charge in [-0.2, -0.15) is 0 Å². The fraction of sp³-hybridized carbons (Fsp3) is 0.556. The van der Waals surface area contributed by atoms with Gasteiger partial charge in [-0.3, -0.25) is 4.57 Å². The van der Waals surface area contributed by atoms with Crippen LogP contribution in [0.5, 0.6) is 5.75 Å². The van der Waals surface area contributed by atoms with Crippen molar-refractivity contribution >= 4 is 7.60 Å². The summed E-state index contributed by atoms with van der Waals surface area (Å²) in [5, 5.41) is 10.8. The smallest absolute Gasteiger partial charge is 0.354 e. The third-order valence-corrected chi connectivity index (χ3v) is 5.43. The summed E-state index contributed by atoms with van der Waals surface area (Å²) < 4.78 is 28.8. The Labute approximate surface area is 145 Å². The first-order valence-corrected chi connectivity index (χ1v) is 10.0. The second-order valence-corrected chi connectivity index (χ2v) is 7.18. The molecular formula is C18H29O5P. The molecule has 1 aromatic rings. The van der Waals surface area contributed by atoms with Crippen molar-refractivity contribution in [3.05, 3.63) is 41.2 Å². The summed E-state index contributed by atoms with van der Waals surface area (Å²) in [6.45, 7) is 6.15. The van der Waals surface area contributed by atoms with Crippen LogP contribution in [0.1, 0.15) is 51.7 Å². The van der Waals surface area contributed by atoms with E-state index in [4.69, 9.17) is 13.8 Å². The monoisotopic (exact) mass is 356 g/mol. The van der Waals surface area contributed by atoms with Crippen molar-refractivity contribution in [1.82, 2.24) is 0 Å². The molecule has 1 N–H and O–H groups in total. The maximum atomic E-state index is 12.8. The number of methoxy groups -OCH3 is 1. The summed E-state index contributed by atoms with van der Waals surface area (Å²) in [4.78, 5) is 0. The van der Waals surface area contributed by atoms with Gasteiger partial charge in [-0.1, -0.05) is 31.5 Å². The van der Waals surface area contributed by atoms with Gasteiger partial charge in [0.25, 0.3) is 0 Å². The third-order valence-electron chi connectivity index (χ3n) is 3.55. The molecule has 136 valence electrons. The van der Waals surface area contributed by atoms with E-state index in [0.29, 0.717) is 23.3 Å². The van der Waals surface area contributed by atoms with Crippen LogP contribution in [0.2, 0.25) is 0 Å². The molecule has 24 heavy (non-hydrogen) atoms. The second-order valence-electron chi connectivity index (χ2n) is 5.33. The van der Waals surface area contributed by atoms with Gasteiger partial charge >= 0.3 is 7.60 Å². The number of rotatable bonds is 11. The van der Waals surface area contributed by atoms with E-state index in [1.165, 1.54) is 5.82 Å². The Hall–Kier alpha value is -1.13. The van der Waals surface area contributed by atoms with Gasteiger partial charge in [0, 0.05) is 11.4 Å². The van der Waals surface area contributed by atoms with Crippen molar-refractivity contribution in [3.63, 3.8) is 0 Å². The number of hydrogen-bond donors (Lipinski definition) is 1. The van der Waals surface area contributed by atoms with Crippen LogP contribution in [0, 0.1) is 0 Å². The normalized spacial score (nSPS) is 13.8. The molecule has 1 unspecified atom stereocenters.